The van der Waals surface area contributed by atoms with E-state index in [2.05, 4.69) is 55.5 Å². The Kier molecular flexibility index (Phi) is 5.05. The zero-order valence-electron chi connectivity index (χ0n) is 13.5. The number of rotatable bonds is 7. The molecule has 0 aliphatic heterocycles. The Morgan fingerprint density at radius 3 is 1.86 bits per heavy atom. The van der Waals surface area contributed by atoms with Crippen molar-refractivity contribution in [3.05, 3.63) is 54.1 Å². The van der Waals surface area contributed by atoms with Gasteiger partial charge in [0.25, 0.3) is 0 Å². The van der Waals surface area contributed by atoms with E-state index in [9.17, 15) is 0 Å². The molecule has 0 saturated heterocycles. The molecule has 0 aliphatic carbocycles. The highest BCUT2D eigenvalue weighted by atomic mass is 14.7. The molecule has 0 fully saturated rings. The predicted molar refractivity (Wildman–Crippen MR) is 96.3 cm³/mol. The first-order valence-corrected chi connectivity index (χ1v) is 8.66. The van der Waals surface area contributed by atoms with Gasteiger partial charge in [0.2, 0.25) is 0 Å². The summed E-state index contributed by atoms with van der Waals surface area (Å²) in [6.45, 7) is 2.27. The highest BCUT2D eigenvalue weighted by Gasteiger charge is 2.08. The molecule has 0 atom stereocenters. The second-order valence-corrected chi connectivity index (χ2v) is 6.14. The Morgan fingerprint density at radius 2 is 1.23 bits per heavy atom. The van der Waals surface area contributed by atoms with Crippen molar-refractivity contribution in [2.45, 2.75) is 51.9 Å². The Labute approximate surface area is 133 Å². The molecule has 0 spiro atoms. The van der Waals surface area contributed by atoms with Crippen LogP contribution in [0, 0.1) is 0 Å². The minimum atomic E-state index is 1.13. The lowest BCUT2D eigenvalue weighted by Crippen LogP contribution is -1.93. The van der Waals surface area contributed by atoms with Crippen LogP contribution in [0.15, 0.2) is 48.5 Å². The van der Waals surface area contributed by atoms with Crippen molar-refractivity contribution in [3.63, 3.8) is 0 Å². The number of hydrogen-bond donors (Lipinski definition) is 0. The zero-order chi connectivity index (χ0) is 15.2. The van der Waals surface area contributed by atoms with Crippen molar-refractivity contribution < 1.29 is 0 Å². The van der Waals surface area contributed by atoms with Gasteiger partial charge in [-0.25, -0.2) is 4.98 Å². The molecule has 1 aromatic heterocycles. The molecule has 0 bridgehead atoms. The number of hydrogen-bond acceptors (Lipinski definition) is 1. The molecular weight excluding hydrogens is 266 g/mol. The van der Waals surface area contributed by atoms with E-state index in [0.29, 0.717) is 0 Å². The van der Waals surface area contributed by atoms with E-state index < -0.39 is 0 Å². The topological polar surface area (TPSA) is 12.9 Å². The smallest absolute Gasteiger partial charge is 0.0712 e. The zero-order valence-corrected chi connectivity index (χ0v) is 13.5. The monoisotopic (exact) mass is 291 g/mol. The largest absolute Gasteiger partial charge is 0.248 e. The van der Waals surface area contributed by atoms with Crippen LogP contribution in [0.2, 0.25) is 0 Å². The molecule has 1 heteroatoms. The van der Waals surface area contributed by atoms with Crippen LogP contribution in [0.3, 0.4) is 0 Å². The molecule has 1 nitrogen and oxygen atoms in total. The minimum Gasteiger partial charge on any atom is -0.248 e. The summed E-state index contributed by atoms with van der Waals surface area (Å²) in [5.74, 6) is 0. The van der Waals surface area contributed by atoms with Gasteiger partial charge in [-0.15, -0.1) is 0 Å². The average molecular weight is 291 g/mol. The molecule has 0 saturated carbocycles. The summed E-state index contributed by atoms with van der Waals surface area (Å²) >= 11 is 0. The van der Waals surface area contributed by atoms with Gasteiger partial charge in [-0.1, -0.05) is 75.4 Å². The lowest BCUT2D eigenvalue weighted by atomic mass is 9.97. The summed E-state index contributed by atoms with van der Waals surface area (Å²) in [4.78, 5) is 4.81. The van der Waals surface area contributed by atoms with Gasteiger partial charge in [0, 0.05) is 10.8 Å². The summed E-state index contributed by atoms with van der Waals surface area (Å²) in [6, 6.07) is 17.1. The van der Waals surface area contributed by atoms with E-state index in [1.54, 1.807) is 0 Å². The molecule has 0 aliphatic rings. The Hall–Kier alpha value is -1.89. The number of aromatic nitrogens is 1. The van der Waals surface area contributed by atoms with Crippen LogP contribution >= 0.6 is 0 Å². The van der Waals surface area contributed by atoms with Crippen LogP contribution in [0.25, 0.3) is 21.8 Å². The molecule has 1 heterocycles. The third-order valence-corrected chi connectivity index (χ3v) is 4.48. The van der Waals surface area contributed by atoms with Crippen molar-refractivity contribution in [1.82, 2.24) is 4.98 Å². The number of fused-ring (bicyclic) bond motifs is 2. The third kappa shape index (κ3) is 3.30. The molecule has 3 aromatic rings. The fourth-order valence-corrected chi connectivity index (χ4v) is 3.28. The van der Waals surface area contributed by atoms with Crippen molar-refractivity contribution >= 4 is 21.8 Å². The molecular formula is C21H25N. The first-order chi connectivity index (χ1) is 10.9. The molecule has 22 heavy (non-hydrogen) atoms. The highest BCUT2D eigenvalue weighted by molar-refractivity contribution is 5.97. The number of nitrogens with zero attached hydrogens (tertiary/aromatic N) is 1. The normalized spacial score (nSPS) is 11.3. The first-order valence-electron chi connectivity index (χ1n) is 8.66. The average Bonchev–Trinajstić information content (AvgIpc) is 2.57. The van der Waals surface area contributed by atoms with Crippen molar-refractivity contribution in [2.75, 3.05) is 0 Å². The van der Waals surface area contributed by atoms with Crippen LogP contribution in [0.1, 0.15) is 51.0 Å². The quantitative estimate of drug-likeness (QED) is 0.368. The summed E-state index contributed by atoms with van der Waals surface area (Å²) in [7, 11) is 0. The summed E-state index contributed by atoms with van der Waals surface area (Å²) < 4.78 is 0. The third-order valence-electron chi connectivity index (χ3n) is 4.48. The molecule has 0 unspecified atom stereocenters. The Bertz CT molecular complexity index is 691. The lowest BCUT2D eigenvalue weighted by molar-refractivity contribution is 0.609. The van der Waals surface area contributed by atoms with Crippen LogP contribution in [-0.2, 0) is 6.42 Å². The Morgan fingerprint density at radius 1 is 0.682 bits per heavy atom. The van der Waals surface area contributed by atoms with Crippen LogP contribution in [0.5, 0.6) is 0 Å². The van der Waals surface area contributed by atoms with Gasteiger partial charge in [0.05, 0.1) is 11.0 Å². The number of pyridine rings is 1. The fourth-order valence-electron chi connectivity index (χ4n) is 3.28. The van der Waals surface area contributed by atoms with Gasteiger partial charge >= 0.3 is 0 Å². The molecule has 0 amide bonds. The minimum absolute atomic E-state index is 1.13. The Balaban J connectivity index is 1.85. The second-order valence-electron chi connectivity index (χ2n) is 6.14. The molecule has 2 aromatic carbocycles. The highest BCUT2D eigenvalue weighted by Crippen LogP contribution is 2.27. The van der Waals surface area contributed by atoms with E-state index in [1.807, 2.05) is 0 Å². The number of benzene rings is 2. The van der Waals surface area contributed by atoms with Crippen LogP contribution < -0.4 is 0 Å². The molecule has 0 N–H and O–H groups in total. The van der Waals surface area contributed by atoms with Gasteiger partial charge in [-0.05, 0) is 30.5 Å². The van der Waals surface area contributed by atoms with Crippen molar-refractivity contribution in [1.29, 1.82) is 0 Å². The van der Waals surface area contributed by atoms with E-state index in [0.717, 1.165) is 17.5 Å². The van der Waals surface area contributed by atoms with E-state index >= 15 is 0 Å². The van der Waals surface area contributed by atoms with Gasteiger partial charge in [0.15, 0.2) is 0 Å². The number of para-hydroxylation sites is 2. The number of unbranched alkanes of at least 4 members (excludes halogenated alkanes) is 5. The SMILES string of the molecule is CCCCCCCCc1c2ccccc2nc2ccccc12. The maximum absolute atomic E-state index is 4.81. The van der Waals surface area contributed by atoms with E-state index in [4.69, 9.17) is 4.98 Å². The van der Waals surface area contributed by atoms with Gasteiger partial charge in [0.1, 0.15) is 0 Å². The number of aryl methyl sites for hydroxylation is 1. The first kappa shape index (κ1) is 15.0. The van der Waals surface area contributed by atoms with E-state index in [-0.39, 0.29) is 0 Å². The predicted octanol–water partition coefficient (Wildman–Crippen LogP) is 6.29. The van der Waals surface area contributed by atoms with Gasteiger partial charge < -0.3 is 0 Å². The summed E-state index contributed by atoms with van der Waals surface area (Å²) in [5, 5.41) is 2.66. The van der Waals surface area contributed by atoms with E-state index in [1.165, 1.54) is 54.9 Å². The standard InChI is InChI=1S/C21H25N/c1-2-3-4-5-6-7-12-17-18-13-8-10-15-20(18)22-21-16-11-9-14-19(17)21/h8-11,13-16H,2-7,12H2,1H3. The summed E-state index contributed by atoms with van der Waals surface area (Å²) in [5.41, 5.74) is 3.74. The fraction of sp³-hybridized carbons (Fsp3) is 0.381. The maximum atomic E-state index is 4.81. The van der Waals surface area contributed by atoms with Gasteiger partial charge in [-0.2, -0.15) is 0 Å². The van der Waals surface area contributed by atoms with Crippen molar-refractivity contribution in [3.8, 4) is 0 Å². The van der Waals surface area contributed by atoms with Crippen molar-refractivity contribution in [2.24, 2.45) is 0 Å². The second kappa shape index (κ2) is 7.40. The molecule has 0 radical (unpaired) electrons. The summed E-state index contributed by atoms with van der Waals surface area (Å²) in [6.07, 6.45) is 9.23. The van der Waals surface area contributed by atoms with Crippen LogP contribution in [-0.4, -0.2) is 4.98 Å². The molecule has 3 rings (SSSR count). The lowest BCUT2D eigenvalue weighted by Gasteiger charge is -2.10. The maximum Gasteiger partial charge on any atom is 0.0712 e. The van der Waals surface area contributed by atoms with Crippen LogP contribution in [0.4, 0.5) is 0 Å². The molecule has 114 valence electrons. The van der Waals surface area contributed by atoms with Gasteiger partial charge in [-0.3, -0.25) is 0 Å².